The van der Waals surface area contributed by atoms with Gasteiger partial charge in [0.05, 0.1) is 11.4 Å². The lowest BCUT2D eigenvalue weighted by Gasteiger charge is -2.22. The van der Waals surface area contributed by atoms with Crippen molar-refractivity contribution in [3.8, 4) is 0 Å². The molecule has 7 heteroatoms. The van der Waals surface area contributed by atoms with Crippen molar-refractivity contribution < 1.29 is 14.4 Å². The summed E-state index contributed by atoms with van der Waals surface area (Å²) in [6, 6.07) is 14.9. The van der Waals surface area contributed by atoms with E-state index in [4.69, 9.17) is 5.73 Å². The predicted octanol–water partition coefficient (Wildman–Crippen LogP) is 7.65. The molecule has 0 saturated heterocycles. The molecule has 2 aromatic carbocycles. The van der Waals surface area contributed by atoms with Gasteiger partial charge in [0.25, 0.3) is 0 Å². The van der Waals surface area contributed by atoms with Crippen molar-refractivity contribution in [2.45, 2.75) is 54.9 Å². The molecule has 226 valence electrons. The van der Waals surface area contributed by atoms with Crippen LogP contribution in [0.25, 0.3) is 5.57 Å². The number of benzene rings is 2. The summed E-state index contributed by atoms with van der Waals surface area (Å²) in [5.74, 6) is -0.327. The number of aryl methyl sites for hydroxylation is 1. The molecule has 7 nitrogen and oxygen atoms in total. The minimum absolute atomic E-state index is 0.0343. The summed E-state index contributed by atoms with van der Waals surface area (Å²) in [5.41, 5.74) is 11.9. The van der Waals surface area contributed by atoms with Gasteiger partial charge in [-0.25, -0.2) is 4.79 Å². The summed E-state index contributed by atoms with van der Waals surface area (Å²) < 4.78 is 0. The fourth-order valence-corrected chi connectivity index (χ4v) is 3.67. The number of hydrogen-bond donors (Lipinski definition) is 1. The third-order valence-electron chi connectivity index (χ3n) is 6.04. The number of Topliss-reactive ketones (excluding diaryl/α,β-unsaturated/α-hetero) is 1. The maximum atomic E-state index is 12.2. The van der Waals surface area contributed by atoms with E-state index < -0.39 is 0 Å². The van der Waals surface area contributed by atoms with Crippen molar-refractivity contribution in [2.75, 3.05) is 26.0 Å². The van der Waals surface area contributed by atoms with Crippen molar-refractivity contribution in [3.63, 3.8) is 0 Å². The number of allylic oxidation sites excluding steroid dienone is 6. The fourth-order valence-electron chi connectivity index (χ4n) is 3.67. The first-order valence-corrected chi connectivity index (χ1v) is 14.2. The molecule has 0 bridgehead atoms. The number of hydrogen-bond acceptors (Lipinski definition) is 4. The van der Waals surface area contributed by atoms with E-state index in [-0.39, 0.29) is 17.7 Å². The summed E-state index contributed by atoms with van der Waals surface area (Å²) in [6.45, 7) is 17.1. The zero-order chi connectivity index (χ0) is 32.4. The van der Waals surface area contributed by atoms with Gasteiger partial charge in [0.1, 0.15) is 0 Å². The Morgan fingerprint density at radius 2 is 1.55 bits per heavy atom. The van der Waals surface area contributed by atoms with Crippen molar-refractivity contribution in [2.24, 2.45) is 10.7 Å². The first-order valence-electron chi connectivity index (χ1n) is 14.2. The quantitative estimate of drug-likeness (QED) is 0.360. The van der Waals surface area contributed by atoms with Gasteiger partial charge in [0.2, 0.25) is 5.91 Å². The lowest BCUT2D eigenvalue weighted by Crippen LogP contribution is -2.35. The van der Waals surface area contributed by atoms with Gasteiger partial charge in [-0.3, -0.25) is 19.5 Å². The zero-order valence-corrected chi connectivity index (χ0v) is 27.0. The Bertz CT molecular complexity index is 1330. The lowest BCUT2D eigenvalue weighted by molar-refractivity contribution is -0.113. The van der Waals surface area contributed by atoms with Crippen molar-refractivity contribution >= 4 is 34.7 Å². The van der Waals surface area contributed by atoms with Crippen LogP contribution < -0.4 is 10.6 Å². The monoisotopic (exact) mass is 572 g/mol. The Hall–Kier alpha value is -4.52. The Balaban J connectivity index is 0.000000931. The molecule has 2 aromatic rings. The minimum Gasteiger partial charge on any atom is -0.366 e. The Morgan fingerprint density at radius 1 is 0.952 bits per heavy atom. The molecule has 0 atom stereocenters. The molecule has 0 fully saturated rings. The Kier molecular flexibility index (Phi) is 17.4. The lowest BCUT2D eigenvalue weighted by atomic mass is 9.92. The van der Waals surface area contributed by atoms with Gasteiger partial charge < -0.3 is 10.6 Å². The van der Waals surface area contributed by atoms with Crippen LogP contribution in [0, 0.1) is 0 Å². The average molecular weight is 573 g/mol. The molecule has 42 heavy (non-hydrogen) atoms. The van der Waals surface area contributed by atoms with Gasteiger partial charge >= 0.3 is 6.03 Å². The summed E-state index contributed by atoms with van der Waals surface area (Å²) >= 11 is 0. The maximum Gasteiger partial charge on any atom is 0.328 e. The molecule has 0 radical (unpaired) electrons. The molecule has 0 saturated carbocycles. The highest BCUT2D eigenvalue weighted by atomic mass is 16.2. The van der Waals surface area contributed by atoms with Crippen LogP contribution in [-0.2, 0) is 11.2 Å². The molecule has 0 aromatic heterocycles. The van der Waals surface area contributed by atoms with Crippen LogP contribution in [0.15, 0.2) is 95.7 Å². The second-order valence-electron chi connectivity index (χ2n) is 8.83. The molecule has 3 amide bonds. The number of anilines is 1. The molecule has 1 aliphatic rings. The van der Waals surface area contributed by atoms with E-state index in [2.05, 4.69) is 11.6 Å². The van der Waals surface area contributed by atoms with Gasteiger partial charge in [0.15, 0.2) is 5.78 Å². The molecular formula is C35H48N4O3. The summed E-state index contributed by atoms with van der Waals surface area (Å²) in [4.78, 5) is 41.9. The zero-order valence-electron chi connectivity index (χ0n) is 27.0. The van der Waals surface area contributed by atoms with Crippen LogP contribution in [0.3, 0.4) is 0 Å². The number of nitrogens with two attached hydrogens (primary N) is 1. The normalized spacial score (nSPS) is 13.5. The second kappa shape index (κ2) is 19.5. The number of nitrogens with zero attached hydrogens (tertiary/aromatic N) is 3. The standard InChI is InChI=1S/C22H25N3O2.C9H11NO.2C2H6/c1-7-25(22(27)24(5)6)19-11-8-17(9-12-19)18-10-13-20(15(2)16(3)26)21(14-18)23-4;1-2-7-4-3-5-8(6-7)9(10)11;2*1-2/h7-14H,1H2,2-6H3;3-6H,2H2,1H3,(H2,10,11);2*1-2H3/b20-15+,23-21?;;;. The molecule has 3 rings (SSSR count). The first-order chi connectivity index (χ1) is 20.0. The number of carbonyl (C=O) groups is 3. The van der Waals surface area contributed by atoms with Crippen LogP contribution in [0.2, 0.25) is 0 Å². The maximum absolute atomic E-state index is 12.2. The third-order valence-corrected chi connectivity index (χ3v) is 6.04. The molecule has 1 aliphatic carbocycles. The van der Waals surface area contributed by atoms with E-state index in [1.54, 1.807) is 34.1 Å². The van der Waals surface area contributed by atoms with Crippen molar-refractivity contribution in [1.29, 1.82) is 0 Å². The molecule has 2 N–H and O–H groups in total. The van der Waals surface area contributed by atoms with Gasteiger partial charge in [0, 0.05) is 44.1 Å². The average Bonchev–Trinajstić information content (AvgIpc) is 3.03. The number of primary amides is 1. The van der Waals surface area contributed by atoms with Crippen molar-refractivity contribution in [3.05, 3.63) is 107 Å². The third kappa shape index (κ3) is 10.8. The minimum atomic E-state index is -0.361. The van der Waals surface area contributed by atoms with Crippen molar-refractivity contribution in [1.82, 2.24) is 4.90 Å². The Labute approximate surface area is 252 Å². The molecule has 0 aliphatic heterocycles. The fraction of sp³-hybridized carbons (Fsp3) is 0.314. The number of carbonyl (C=O) groups excluding carboxylic acids is 3. The largest absolute Gasteiger partial charge is 0.366 e. The van der Waals surface area contributed by atoms with E-state index in [0.29, 0.717) is 11.1 Å². The van der Waals surface area contributed by atoms with Gasteiger partial charge in [-0.05, 0) is 67.3 Å². The smallest absolute Gasteiger partial charge is 0.328 e. The van der Waals surface area contributed by atoms with E-state index in [0.717, 1.165) is 40.1 Å². The summed E-state index contributed by atoms with van der Waals surface area (Å²) in [6.07, 6.45) is 8.30. The molecule has 0 unspecified atom stereocenters. The van der Waals surface area contributed by atoms with Gasteiger partial charge in [-0.1, -0.05) is 77.6 Å². The Morgan fingerprint density at radius 3 is 2.00 bits per heavy atom. The SMILES string of the molecule is C=CN(C(=O)N(C)C)c1ccc(C2=CC(=NC)/C(=C(\C)C(C)=O)C=C2)cc1.CC.CC.CCc1cccc(C(N)=O)c1. The van der Waals surface area contributed by atoms with Crippen LogP contribution in [0.5, 0.6) is 0 Å². The number of ketones is 1. The highest BCUT2D eigenvalue weighted by Crippen LogP contribution is 2.27. The van der Waals surface area contributed by atoms with Crippen LogP contribution in [0.1, 0.15) is 70.0 Å². The first kappa shape index (κ1) is 37.5. The van der Waals surface area contributed by atoms with Gasteiger partial charge in [-0.2, -0.15) is 0 Å². The molecular weight excluding hydrogens is 524 g/mol. The van der Waals surface area contributed by atoms with Gasteiger partial charge in [-0.15, -0.1) is 0 Å². The molecule has 0 spiro atoms. The van der Waals surface area contributed by atoms with E-state index in [1.165, 1.54) is 16.0 Å². The van der Waals surface area contributed by atoms with E-state index in [9.17, 15) is 14.4 Å². The topological polar surface area (TPSA) is 96.1 Å². The highest BCUT2D eigenvalue weighted by Gasteiger charge is 2.16. The second-order valence-corrected chi connectivity index (χ2v) is 8.83. The van der Waals surface area contributed by atoms with E-state index in [1.807, 2.05) is 102 Å². The number of aliphatic imine (C=N–C) groups is 1. The van der Waals surface area contributed by atoms with Crippen LogP contribution >= 0.6 is 0 Å². The number of urea groups is 1. The molecule has 0 heterocycles. The van der Waals surface area contributed by atoms with Crippen LogP contribution in [0.4, 0.5) is 10.5 Å². The predicted molar refractivity (Wildman–Crippen MR) is 179 cm³/mol. The van der Waals surface area contributed by atoms with Crippen LogP contribution in [-0.4, -0.2) is 49.5 Å². The highest BCUT2D eigenvalue weighted by molar-refractivity contribution is 6.20. The summed E-state index contributed by atoms with van der Waals surface area (Å²) in [5, 5.41) is 0. The summed E-state index contributed by atoms with van der Waals surface area (Å²) in [7, 11) is 5.11. The number of amides is 3. The number of rotatable bonds is 6. The van der Waals surface area contributed by atoms with E-state index >= 15 is 0 Å².